The van der Waals surface area contributed by atoms with Crippen LogP contribution in [0.2, 0.25) is 0 Å². The lowest BCUT2D eigenvalue weighted by Gasteiger charge is -2.00. The summed E-state index contributed by atoms with van der Waals surface area (Å²) in [5, 5.41) is 0. The smallest absolute Gasteiger partial charge is 0.192 e. The Morgan fingerprint density at radius 2 is 2.00 bits per heavy atom. The molecule has 0 amide bonds. The predicted molar refractivity (Wildman–Crippen MR) is 70.7 cm³/mol. The molecule has 2 rings (SSSR count). The zero-order valence-electron chi connectivity index (χ0n) is 6.98. The van der Waals surface area contributed by atoms with Crippen molar-refractivity contribution in [1.29, 1.82) is 0 Å². The van der Waals surface area contributed by atoms with Crippen LogP contribution < -0.4 is 0 Å². The first-order valence-corrected chi connectivity index (χ1v) is 6.02. The lowest BCUT2D eigenvalue weighted by molar-refractivity contribution is 1.08. The third-order valence-electron chi connectivity index (χ3n) is 1.62. The molecule has 5 heteroatoms. The van der Waals surface area contributed by atoms with Gasteiger partial charge < -0.3 is 0 Å². The minimum Gasteiger partial charge on any atom is -0.264 e. The van der Waals surface area contributed by atoms with Crippen LogP contribution >= 0.6 is 45.2 Å². The zero-order valence-corrected chi connectivity index (χ0v) is 11.3. The van der Waals surface area contributed by atoms with Gasteiger partial charge in [0.15, 0.2) is 3.83 Å². The maximum absolute atomic E-state index is 4.34. The maximum Gasteiger partial charge on any atom is 0.192 e. The average Bonchev–Trinajstić information content (AvgIpc) is 2.18. The van der Waals surface area contributed by atoms with Crippen LogP contribution in [0.1, 0.15) is 0 Å². The molecule has 0 N–H and O–H groups in total. The molecule has 0 saturated heterocycles. The highest BCUT2D eigenvalue weighted by Crippen LogP contribution is 2.17. The van der Waals surface area contributed by atoms with Crippen molar-refractivity contribution in [1.82, 2.24) is 15.0 Å². The van der Waals surface area contributed by atoms with Gasteiger partial charge in [0.25, 0.3) is 0 Å². The summed E-state index contributed by atoms with van der Waals surface area (Å²) in [6.07, 6.45) is 3.55. The zero-order chi connectivity index (χ0) is 9.97. The molecule has 2 aromatic rings. The van der Waals surface area contributed by atoms with E-state index in [1.807, 2.05) is 18.2 Å². The van der Waals surface area contributed by atoms with Crippen molar-refractivity contribution in [2.75, 3.05) is 0 Å². The molecule has 3 nitrogen and oxygen atoms in total. The minimum atomic E-state index is 0.758. The number of aromatic nitrogens is 3. The van der Waals surface area contributed by atoms with Gasteiger partial charge >= 0.3 is 0 Å². The fourth-order valence-corrected chi connectivity index (χ4v) is 2.56. The monoisotopic (exact) mass is 409 g/mol. The number of hydrogen-bond acceptors (Lipinski definition) is 3. The summed E-state index contributed by atoms with van der Waals surface area (Å²) >= 11 is 4.29. The molecule has 0 saturated carbocycles. The highest BCUT2D eigenvalue weighted by molar-refractivity contribution is 14.1. The van der Waals surface area contributed by atoms with E-state index in [0.717, 1.165) is 18.8 Å². The first kappa shape index (κ1) is 10.2. The molecule has 70 valence electrons. The molecule has 0 aliphatic heterocycles. The lowest BCUT2D eigenvalue weighted by Crippen LogP contribution is -1.93. The van der Waals surface area contributed by atoms with Gasteiger partial charge in [-0.05, 0) is 40.8 Å². The standard InChI is InChI=1S/C9H5I2N3/c10-8-4-7(13-9(11)14-8)6-2-1-3-12-5-6/h1-5H. The van der Waals surface area contributed by atoms with E-state index >= 15 is 0 Å². The summed E-state index contributed by atoms with van der Waals surface area (Å²) in [6.45, 7) is 0. The molecule has 0 aliphatic carbocycles. The van der Waals surface area contributed by atoms with Crippen LogP contribution in [0.25, 0.3) is 11.3 Å². The number of hydrogen-bond donors (Lipinski definition) is 0. The first-order chi connectivity index (χ1) is 6.75. The van der Waals surface area contributed by atoms with Crippen molar-refractivity contribution >= 4 is 45.2 Å². The predicted octanol–water partition coefficient (Wildman–Crippen LogP) is 2.75. The number of halogens is 2. The maximum atomic E-state index is 4.34. The van der Waals surface area contributed by atoms with Crippen LogP contribution in [0.5, 0.6) is 0 Å². The van der Waals surface area contributed by atoms with Crippen LogP contribution in [0.15, 0.2) is 30.6 Å². The molecular weight excluding hydrogens is 404 g/mol. The van der Waals surface area contributed by atoms with Crippen LogP contribution in [-0.2, 0) is 0 Å². The second kappa shape index (κ2) is 4.47. The van der Waals surface area contributed by atoms with E-state index in [4.69, 9.17) is 0 Å². The van der Waals surface area contributed by atoms with Gasteiger partial charge in [-0.2, -0.15) is 0 Å². The van der Waals surface area contributed by atoms with Gasteiger partial charge in [0.1, 0.15) is 3.70 Å². The van der Waals surface area contributed by atoms with Crippen LogP contribution in [-0.4, -0.2) is 15.0 Å². The summed E-state index contributed by atoms with van der Waals surface area (Å²) < 4.78 is 1.70. The number of nitrogens with zero attached hydrogens (tertiary/aromatic N) is 3. The van der Waals surface area contributed by atoms with Gasteiger partial charge in [-0.25, -0.2) is 9.97 Å². The Bertz CT molecular complexity index is 425. The van der Waals surface area contributed by atoms with Crippen LogP contribution in [0, 0.1) is 7.53 Å². The Morgan fingerprint density at radius 1 is 1.14 bits per heavy atom. The highest BCUT2D eigenvalue weighted by Gasteiger charge is 2.02. The molecule has 0 bridgehead atoms. The van der Waals surface area contributed by atoms with Crippen molar-refractivity contribution in [3.63, 3.8) is 0 Å². The average molecular weight is 409 g/mol. The van der Waals surface area contributed by atoms with Crippen LogP contribution in [0.4, 0.5) is 0 Å². The second-order valence-electron chi connectivity index (χ2n) is 2.59. The highest BCUT2D eigenvalue weighted by atomic mass is 127. The first-order valence-electron chi connectivity index (χ1n) is 3.86. The summed E-state index contributed by atoms with van der Waals surface area (Å²) in [7, 11) is 0. The van der Waals surface area contributed by atoms with E-state index < -0.39 is 0 Å². The Morgan fingerprint density at radius 3 is 2.64 bits per heavy atom. The minimum absolute atomic E-state index is 0.758. The molecule has 0 aliphatic rings. The molecule has 14 heavy (non-hydrogen) atoms. The molecule has 2 heterocycles. The van der Waals surface area contributed by atoms with Gasteiger partial charge in [0, 0.05) is 40.5 Å². The molecule has 0 unspecified atom stereocenters. The van der Waals surface area contributed by atoms with Gasteiger partial charge in [-0.3, -0.25) is 4.98 Å². The SMILES string of the molecule is Ic1cc(-c2cccnc2)nc(I)n1. The molecule has 0 aromatic carbocycles. The van der Waals surface area contributed by atoms with Gasteiger partial charge in [-0.1, -0.05) is 0 Å². The second-order valence-corrected chi connectivity index (χ2v) is 4.66. The van der Waals surface area contributed by atoms with Crippen molar-refractivity contribution in [2.24, 2.45) is 0 Å². The van der Waals surface area contributed by atoms with E-state index in [1.54, 1.807) is 12.4 Å². The van der Waals surface area contributed by atoms with Crippen molar-refractivity contribution < 1.29 is 0 Å². The van der Waals surface area contributed by atoms with Crippen molar-refractivity contribution in [3.8, 4) is 11.3 Å². The Kier molecular flexibility index (Phi) is 3.26. The molecule has 0 radical (unpaired) electrons. The normalized spacial score (nSPS) is 10.1. The van der Waals surface area contributed by atoms with E-state index in [-0.39, 0.29) is 0 Å². The summed E-state index contributed by atoms with van der Waals surface area (Å²) in [4.78, 5) is 12.6. The lowest BCUT2D eigenvalue weighted by atomic mass is 10.2. The molecule has 2 aromatic heterocycles. The molecule has 0 fully saturated rings. The van der Waals surface area contributed by atoms with E-state index in [2.05, 4.69) is 60.1 Å². The Hall–Kier alpha value is -0.310. The number of pyridine rings is 1. The topological polar surface area (TPSA) is 38.7 Å². The summed E-state index contributed by atoms with van der Waals surface area (Å²) in [6, 6.07) is 5.83. The van der Waals surface area contributed by atoms with Crippen LogP contribution in [0.3, 0.4) is 0 Å². The van der Waals surface area contributed by atoms with Gasteiger partial charge in [-0.15, -0.1) is 0 Å². The summed E-state index contributed by atoms with van der Waals surface area (Å²) in [5.74, 6) is 0. The van der Waals surface area contributed by atoms with Gasteiger partial charge in [0.2, 0.25) is 0 Å². The third-order valence-corrected chi connectivity index (χ3v) is 2.66. The summed E-state index contributed by atoms with van der Waals surface area (Å²) in [5.41, 5.74) is 1.94. The Balaban J connectivity index is 2.52. The van der Waals surface area contributed by atoms with E-state index in [9.17, 15) is 0 Å². The molecular formula is C9H5I2N3. The number of rotatable bonds is 1. The third kappa shape index (κ3) is 2.38. The van der Waals surface area contributed by atoms with E-state index in [1.165, 1.54) is 0 Å². The quantitative estimate of drug-likeness (QED) is 0.413. The fraction of sp³-hybridized carbons (Fsp3) is 0. The Labute approximate surface area is 109 Å². The fourth-order valence-electron chi connectivity index (χ4n) is 1.05. The van der Waals surface area contributed by atoms with Gasteiger partial charge in [0.05, 0.1) is 5.69 Å². The van der Waals surface area contributed by atoms with Crippen molar-refractivity contribution in [3.05, 3.63) is 38.1 Å². The largest absolute Gasteiger partial charge is 0.264 e. The molecule has 0 spiro atoms. The van der Waals surface area contributed by atoms with Crippen molar-refractivity contribution in [2.45, 2.75) is 0 Å². The van der Waals surface area contributed by atoms with E-state index in [0.29, 0.717) is 0 Å². The molecule has 0 atom stereocenters.